The van der Waals surface area contributed by atoms with Crippen LogP contribution in [0.4, 0.5) is 0 Å². The molecule has 1 aromatic rings. The van der Waals surface area contributed by atoms with E-state index in [0.29, 0.717) is 38.2 Å². The molecule has 3 heterocycles. The van der Waals surface area contributed by atoms with E-state index < -0.39 is 15.4 Å². The van der Waals surface area contributed by atoms with Gasteiger partial charge in [0.15, 0.2) is 14.0 Å². The van der Waals surface area contributed by atoms with E-state index >= 15 is 0 Å². The summed E-state index contributed by atoms with van der Waals surface area (Å²) in [5.74, 6) is 0.0908. The average molecular weight is 359 g/mol. The van der Waals surface area contributed by atoms with Crippen molar-refractivity contribution in [2.45, 2.75) is 48.3 Å². The molecule has 0 aromatic carbocycles. The Morgan fingerprint density at radius 2 is 2.09 bits per heavy atom. The van der Waals surface area contributed by atoms with Gasteiger partial charge in [-0.3, -0.25) is 4.79 Å². The number of likely N-dealkylation sites (tertiary alicyclic amines) is 1. The van der Waals surface area contributed by atoms with Gasteiger partial charge in [-0.15, -0.1) is 5.10 Å². The number of hydrogen-bond donors (Lipinski definition) is 0. The van der Waals surface area contributed by atoms with Crippen molar-refractivity contribution >= 4 is 27.3 Å². The molecule has 0 saturated carbocycles. The van der Waals surface area contributed by atoms with Gasteiger partial charge >= 0.3 is 0 Å². The van der Waals surface area contributed by atoms with Crippen molar-refractivity contribution < 1.29 is 17.9 Å². The number of carbonyl (C=O) groups excluding carboxylic acids is 1. The van der Waals surface area contributed by atoms with Gasteiger partial charge in [-0.25, -0.2) is 8.42 Å². The SMILES string of the molecule is C[C@@]1(C(=O)N2CCC(c3nnsc3S(C)(=O)=O)CC2)CCCO1. The highest BCUT2D eigenvalue weighted by atomic mass is 32.2. The van der Waals surface area contributed by atoms with Crippen LogP contribution in [-0.4, -0.2) is 60.4 Å². The predicted molar refractivity (Wildman–Crippen MR) is 85.2 cm³/mol. The van der Waals surface area contributed by atoms with E-state index in [4.69, 9.17) is 4.74 Å². The van der Waals surface area contributed by atoms with Crippen LogP contribution in [-0.2, 0) is 19.4 Å². The minimum atomic E-state index is -3.30. The summed E-state index contributed by atoms with van der Waals surface area (Å²) in [5.41, 5.74) is -0.125. The first-order valence-corrected chi connectivity index (χ1v) is 10.4. The third kappa shape index (κ3) is 3.27. The van der Waals surface area contributed by atoms with E-state index in [1.807, 2.05) is 11.8 Å². The summed E-state index contributed by atoms with van der Waals surface area (Å²) in [4.78, 5) is 14.5. The lowest BCUT2D eigenvalue weighted by Gasteiger charge is -2.36. The van der Waals surface area contributed by atoms with E-state index in [2.05, 4.69) is 9.59 Å². The maximum absolute atomic E-state index is 12.6. The van der Waals surface area contributed by atoms with Crippen LogP contribution in [0.1, 0.15) is 44.2 Å². The molecule has 1 atom stereocenters. The normalized spacial score (nSPS) is 26.6. The van der Waals surface area contributed by atoms with Crippen molar-refractivity contribution in [3.8, 4) is 0 Å². The highest BCUT2D eigenvalue weighted by Crippen LogP contribution is 2.34. The second kappa shape index (κ2) is 6.10. The van der Waals surface area contributed by atoms with Gasteiger partial charge in [0.25, 0.3) is 5.91 Å². The summed E-state index contributed by atoms with van der Waals surface area (Å²) >= 11 is 0.927. The molecule has 128 valence electrons. The maximum atomic E-state index is 12.6. The lowest BCUT2D eigenvalue weighted by molar-refractivity contribution is -0.152. The average Bonchev–Trinajstić information content (AvgIpc) is 3.16. The van der Waals surface area contributed by atoms with Gasteiger partial charge in [0.1, 0.15) is 5.60 Å². The lowest BCUT2D eigenvalue weighted by atomic mass is 9.92. The van der Waals surface area contributed by atoms with Crippen LogP contribution in [0, 0.1) is 0 Å². The fourth-order valence-electron chi connectivity index (χ4n) is 3.33. The Morgan fingerprint density at radius 1 is 1.39 bits per heavy atom. The lowest BCUT2D eigenvalue weighted by Crippen LogP contribution is -2.49. The Bertz CT molecular complexity index is 687. The van der Waals surface area contributed by atoms with E-state index in [1.165, 1.54) is 6.26 Å². The van der Waals surface area contributed by atoms with Crippen molar-refractivity contribution in [2.75, 3.05) is 26.0 Å². The molecule has 9 heteroatoms. The third-order valence-electron chi connectivity index (χ3n) is 4.66. The van der Waals surface area contributed by atoms with Crippen molar-refractivity contribution in [3.63, 3.8) is 0 Å². The second-order valence-corrected chi connectivity index (χ2v) is 9.43. The number of sulfone groups is 1. The second-order valence-electron chi connectivity index (χ2n) is 6.47. The molecule has 2 saturated heterocycles. The Hall–Kier alpha value is -1.06. The van der Waals surface area contributed by atoms with Gasteiger partial charge < -0.3 is 9.64 Å². The zero-order valence-electron chi connectivity index (χ0n) is 13.3. The van der Waals surface area contributed by atoms with Gasteiger partial charge in [-0.2, -0.15) is 0 Å². The van der Waals surface area contributed by atoms with Crippen LogP contribution in [0.5, 0.6) is 0 Å². The molecule has 1 aromatic heterocycles. The summed E-state index contributed by atoms with van der Waals surface area (Å²) in [6.07, 6.45) is 4.27. The maximum Gasteiger partial charge on any atom is 0.254 e. The van der Waals surface area contributed by atoms with E-state index in [-0.39, 0.29) is 16.0 Å². The van der Waals surface area contributed by atoms with E-state index in [1.54, 1.807) is 0 Å². The monoisotopic (exact) mass is 359 g/mol. The number of carbonyl (C=O) groups is 1. The summed E-state index contributed by atoms with van der Waals surface area (Å²) in [5, 5.41) is 4.03. The molecule has 0 radical (unpaired) electrons. The topological polar surface area (TPSA) is 89.5 Å². The molecule has 1 amide bonds. The summed E-state index contributed by atoms with van der Waals surface area (Å²) in [7, 11) is -3.30. The number of aromatic nitrogens is 2. The molecule has 7 nitrogen and oxygen atoms in total. The summed E-state index contributed by atoms with van der Waals surface area (Å²) in [6.45, 7) is 3.70. The molecule has 0 bridgehead atoms. The van der Waals surface area contributed by atoms with Crippen LogP contribution in [0.3, 0.4) is 0 Å². The van der Waals surface area contributed by atoms with Crippen LogP contribution < -0.4 is 0 Å². The molecule has 2 aliphatic heterocycles. The Balaban J connectivity index is 1.67. The number of nitrogens with zero attached hydrogens (tertiary/aromatic N) is 3. The van der Waals surface area contributed by atoms with Crippen molar-refractivity contribution in [1.29, 1.82) is 0 Å². The number of ether oxygens (including phenoxy) is 1. The number of hydrogen-bond acceptors (Lipinski definition) is 7. The predicted octanol–water partition coefficient (Wildman–Crippen LogP) is 1.22. The standard InChI is InChI=1S/C14H21N3O4S2/c1-14(6-3-9-21-14)13(18)17-7-4-10(5-8-17)11-12(22-16-15-11)23(2,19)20/h10H,3-9H2,1-2H3/t14-/m0/s1. The quantitative estimate of drug-likeness (QED) is 0.806. The van der Waals surface area contributed by atoms with Gasteiger partial charge in [0.05, 0.1) is 5.69 Å². The highest BCUT2D eigenvalue weighted by molar-refractivity contribution is 7.92. The first-order valence-electron chi connectivity index (χ1n) is 7.77. The van der Waals surface area contributed by atoms with Crippen molar-refractivity contribution in [2.24, 2.45) is 0 Å². The highest BCUT2D eigenvalue weighted by Gasteiger charge is 2.42. The van der Waals surface area contributed by atoms with Crippen LogP contribution in [0.2, 0.25) is 0 Å². The smallest absolute Gasteiger partial charge is 0.254 e. The first-order chi connectivity index (χ1) is 10.8. The third-order valence-corrected chi connectivity index (χ3v) is 7.21. The minimum absolute atomic E-state index is 0.0415. The largest absolute Gasteiger partial charge is 0.365 e. The molecule has 0 aliphatic carbocycles. The van der Waals surface area contributed by atoms with Gasteiger partial charge in [-0.1, -0.05) is 4.49 Å². The molecular formula is C14H21N3O4S2. The molecule has 2 fully saturated rings. The molecule has 2 aliphatic rings. The zero-order chi connectivity index (χ0) is 16.7. The summed E-state index contributed by atoms with van der Waals surface area (Å²) < 4.78 is 33.3. The Kier molecular flexibility index (Phi) is 4.45. The molecule has 0 spiro atoms. The fraction of sp³-hybridized carbons (Fsp3) is 0.786. The van der Waals surface area contributed by atoms with E-state index in [9.17, 15) is 13.2 Å². The van der Waals surface area contributed by atoms with E-state index in [0.717, 1.165) is 24.4 Å². The fourth-order valence-corrected chi connectivity index (χ4v) is 5.07. The van der Waals surface area contributed by atoms with Crippen LogP contribution in [0.25, 0.3) is 0 Å². The van der Waals surface area contributed by atoms with Gasteiger partial charge in [0, 0.05) is 43.4 Å². The molecular weight excluding hydrogens is 338 g/mol. The Labute approximate surface area is 140 Å². The van der Waals surface area contributed by atoms with Crippen LogP contribution >= 0.6 is 11.5 Å². The molecule has 23 heavy (non-hydrogen) atoms. The zero-order valence-corrected chi connectivity index (χ0v) is 15.0. The molecule has 0 N–H and O–H groups in total. The van der Waals surface area contributed by atoms with Gasteiger partial charge in [0.2, 0.25) is 0 Å². The first kappa shape index (κ1) is 16.8. The number of amides is 1. The van der Waals surface area contributed by atoms with Gasteiger partial charge in [-0.05, 0) is 32.6 Å². The molecule has 0 unspecified atom stereocenters. The summed E-state index contributed by atoms with van der Waals surface area (Å²) in [6, 6.07) is 0. The van der Waals surface area contributed by atoms with Crippen molar-refractivity contribution in [3.05, 3.63) is 5.69 Å². The van der Waals surface area contributed by atoms with Crippen molar-refractivity contribution in [1.82, 2.24) is 14.5 Å². The van der Waals surface area contributed by atoms with Crippen LogP contribution in [0.15, 0.2) is 4.21 Å². The minimum Gasteiger partial charge on any atom is -0.365 e. The Morgan fingerprint density at radius 3 is 2.65 bits per heavy atom. The molecule has 3 rings (SSSR count). The number of rotatable bonds is 3. The number of piperidine rings is 1.